The van der Waals surface area contributed by atoms with Gasteiger partial charge in [-0.05, 0) is 54.7 Å². The van der Waals surface area contributed by atoms with Crippen LogP contribution in [0.2, 0.25) is 0 Å². The summed E-state index contributed by atoms with van der Waals surface area (Å²) in [6.07, 6.45) is 2.97. The summed E-state index contributed by atoms with van der Waals surface area (Å²) in [7, 11) is 0. The predicted octanol–water partition coefficient (Wildman–Crippen LogP) is 2.90. The van der Waals surface area contributed by atoms with Crippen molar-refractivity contribution in [3.05, 3.63) is 65.2 Å². The molecule has 1 fully saturated rings. The molecule has 0 aromatic heterocycles. The van der Waals surface area contributed by atoms with E-state index in [-0.39, 0.29) is 11.9 Å². The first-order chi connectivity index (χ1) is 12.7. The van der Waals surface area contributed by atoms with Gasteiger partial charge in [-0.2, -0.15) is 5.26 Å². The highest BCUT2D eigenvalue weighted by Gasteiger charge is 2.19. The van der Waals surface area contributed by atoms with Crippen LogP contribution in [0.4, 0.5) is 0 Å². The second-order valence-electron chi connectivity index (χ2n) is 6.47. The molecule has 1 heterocycles. The third kappa shape index (κ3) is 5.08. The van der Waals surface area contributed by atoms with Gasteiger partial charge in [-0.25, -0.2) is 0 Å². The monoisotopic (exact) mass is 349 g/mol. The van der Waals surface area contributed by atoms with Crippen LogP contribution in [-0.2, 0) is 17.9 Å². The van der Waals surface area contributed by atoms with E-state index in [4.69, 9.17) is 10.00 Å². The molecule has 0 radical (unpaired) electrons. The molecule has 2 aromatic carbocycles. The summed E-state index contributed by atoms with van der Waals surface area (Å²) in [5, 5.41) is 15.2. The normalized spacial score (nSPS) is 17.0. The van der Waals surface area contributed by atoms with Crippen LogP contribution in [0.15, 0.2) is 48.5 Å². The largest absolute Gasteiger partial charge is 0.489 e. The van der Waals surface area contributed by atoms with Gasteiger partial charge in [0.1, 0.15) is 12.4 Å². The lowest BCUT2D eigenvalue weighted by atomic mass is 10.1. The number of amides is 1. The molecule has 134 valence electrons. The summed E-state index contributed by atoms with van der Waals surface area (Å²) >= 11 is 0. The molecule has 0 bridgehead atoms. The fourth-order valence-corrected chi connectivity index (χ4v) is 3.02. The second-order valence-corrected chi connectivity index (χ2v) is 6.47. The lowest BCUT2D eigenvalue weighted by Crippen LogP contribution is -2.42. The summed E-state index contributed by atoms with van der Waals surface area (Å²) in [6.45, 7) is 1.81. The Morgan fingerprint density at radius 1 is 1.15 bits per heavy atom. The average Bonchev–Trinajstić information content (AvgIpc) is 2.89. The van der Waals surface area contributed by atoms with Crippen molar-refractivity contribution in [2.45, 2.75) is 38.5 Å². The molecule has 2 N–H and O–H groups in total. The number of rotatable bonds is 6. The fraction of sp³-hybridized carbons (Fsp3) is 0.333. The number of hydrogen-bond acceptors (Lipinski definition) is 4. The van der Waals surface area contributed by atoms with Gasteiger partial charge in [0.15, 0.2) is 0 Å². The van der Waals surface area contributed by atoms with Crippen LogP contribution in [0.1, 0.15) is 36.0 Å². The minimum absolute atomic E-state index is 0.0901. The smallest absolute Gasteiger partial charge is 0.237 e. The van der Waals surface area contributed by atoms with Gasteiger partial charge in [0.05, 0.1) is 17.7 Å². The minimum Gasteiger partial charge on any atom is -0.489 e. The molecule has 1 unspecified atom stereocenters. The van der Waals surface area contributed by atoms with Gasteiger partial charge in [-0.3, -0.25) is 4.79 Å². The summed E-state index contributed by atoms with van der Waals surface area (Å²) in [5.74, 6) is 0.865. The zero-order valence-electron chi connectivity index (χ0n) is 14.7. The molecule has 1 atom stereocenters. The summed E-state index contributed by atoms with van der Waals surface area (Å²) in [5.41, 5.74) is 2.67. The summed E-state index contributed by atoms with van der Waals surface area (Å²) < 4.78 is 5.85. The Morgan fingerprint density at radius 3 is 2.88 bits per heavy atom. The van der Waals surface area contributed by atoms with Crippen molar-refractivity contribution in [2.75, 3.05) is 6.54 Å². The van der Waals surface area contributed by atoms with E-state index in [1.807, 2.05) is 42.5 Å². The van der Waals surface area contributed by atoms with E-state index in [0.29, 0.717) is 18.7 Å². The van der Waals surface area contributed by atoms with Gasteiger partial charge in [-0.1, -0.05) is 24.3 Å². The van der Waals surface area contributed by atoms with Crippen molar-refractivity contribution in [3.8, 4) is 11.8 Å². The standard InChI is InChI=1S/C21H23N3O2/c22-13-16-5-3-7-18(11-16)15-26-19-8-4-6-17(12-19)14-24-20-9-1-2-10-23-21(20)25/h3-8,11-12,20,24H,1-2,9-10,14-15H2,(H,23,25). The molecule has 1 aliphatic heterocycles. The van der Waals surface area contributed by atoms with Crippen molar-refractivity contribution < 1.29 is 9.53 Å². The maximum absolute atomic E-state index is 12.0. The quantitative estimate of drug-likeness (QED) is 0.841. The lowest BCUT2D eigenvalue weighted by Gasteiger charge is -2.15. The molecule has 2 aromatic rings. The highest BCUT2D eigenvalue weighted by molar-refractivity contribution is 5.81. The Hall–Kier alpha value is -2.84. The molecule has 3 rings (SSSR count). The van der Waals surface area contributed by atoms with Gasteiger partial charge < -0.3 is 15.4 Å². The third-order valence-corrected chi connectivity index (χ3v) is 4.45. The Labute approximate surface area is 154 Å². The van der Waals surface area contributed by atoms with Crippen LogP contribution < -0.4 is 15.4 Å². The van der Waals surface area contributed by atoms with Gasteiger partial charge in [0.2, 0.25) is 5.91 Å². The van der Waals surface area contributed by atoms with E-state index in [0.717, 1.165) is 42.7 Å². The Balaban J connectivity index is 1.55. The zero-order valence-corrected chi connectivity index (χ0v) is 14.7. The SMILES string of the molecule is N#Cc1cccc(COc2cccc(CNC3CCCCNC3=O)c2)c1. The Morgan fingerprint density at radius 2 is 2.00 bits per heavy atom. The first-order valence-corrected chi connectivity index (χ1v) is 8.96. The van der Waals surface area contributed by atoms with Gasteiger partial charge in [0, 0.05) is 13.1 Å². The molecule has 26 heavy (non-hydrogen) atoms. The van der Waals surface area contributed by atoms with E-state index in [2.05, 4.69) is 16.7 Å². The van der Waals surface area contributed by atoms with Crippen LogP contribution in [-0.4, -0.2) is 18.5 Å². The lowest BCUT2D eigenvalue weighted by molar-refractivity contribution is -0.122. The molecule has 0 saturated carbocycles. The molecule has 1 saturated heterocycles. The highest BCUT2D eigenvalue weighted by Crippen LogP contribution is 2.16. The van der Waals surface area contributed by atoms with Crippen LogP contribution in [0.3, 0.4) is 0 Å². The summed E-state index contributed by atoms with van der Waals surface area (Å²) in [4.78, 5) is 12.0. The minimum atomic E-state index is -0.129. The first-order valence-electron chi connectivity index (χ1n) is 8.96. The van der Waals surface area contributed by atoms with E-state index in [1.165, 1.54) is 0 Å². The topological polar surface area (TPSA) is 74.2 Å². The van der Waals surface area contributed by atoms with Gasteiger partial charge in [0.25, 0.3) is 0 Å². The van der Waals surface area contributed by atoms with Crippen molar-refractivity contribution in [1.82, 2.24) is 10.6 Å². The van der Waals surface area contributed by atoms with Crippen LogP contribution in [0, 0.1) is 11.3 Å². The number of hydrogen-bond donors (Lipinski definition) is 2. The number of nitrogens with zero attached hydrogens (tertiary/aromatic N) is 1. The zero-order chi connectivity index (χ0) is 18.2. The predicted molar refractivity (Wildman–Crippen MR) is 99.4 cm³/mol. The molecule has 0 spiro atoms. The third-order valence-electron chi connectivity index (χ3n) is 4.45. The first kappa shape index (κ1) is 18.0. The fourth-order valence-electron chi connectivity index (χ4n) is 3.02. The van der Waals surface area contributed by atoms with Crippen LogP contribution in [0.5, 0.6) is 5.75 Å². The Bertz CT molecular complexity index is 798. The maximum atomic E-state index is 12.0. The molecule has 0 aliphatic carbocycles. The molecule has 1 aliphatic rings. The number of nitrogens with one attached hydrogen (secondary N) is 2. The average molecular weight is 349 g/mol. The van der Waals surface area contributed by atoms with Gasteiger partial charge in [-0.15, -0.1) is 0 Å². The molecular formula is C21H23N3O2. The van der Waals surface area contributed by atoms with Crippen molar-refractivity contribution in [1.29, 1.82) is 5.26 Å². The van der Waals surface area contributed by atoms with E-state index < -0.39 is 0 Å². The van der Waals surface area contributed by atoms with E-state index in [9.17, 15) is 4.79 Å². The van der Waals surface area contributed by atoms with Crippen LogP contribution >= 0.6 is 0 Å². The highest BCUT2D eigenvalue weighted by atomic mass is 16.5. The van der Waals surface area contributed by atoms with E-state index in [1.54, 1.807) is 6.07 Å². The molecule has 5 heteroatoms. The van der Waals surface area contributed by atoms with Crippen molar-refractivity contribution in [3.63, 3.8) is 0 Å². The second kappa shape index (κ2) is 9.02. The number of nitriles is 1. The maximum Gasteiger partial charge on any atom is 0.237 e. The number of carbonyl (C=O) groups is 1. The Kier molecular flexibility index (Phi) is 6.24. The van der Waals surface area contributed by atoms with E-state index >= 15 is 0 Å². The molecule has 1 amide bonds. The van der Waals surface area contributed by atoms with Crippen molar-refractivity contribution in [2.24, 2.45) is 0 Å². The molecule has 5 nitrogen and oxygen atoms in total. The number of carbonyl (C=O) groups excluding carboxylic acids is 1. The van der Waals surface area contributed by atoms with Crippen molar-refractivity contribution >= 4 is 5.91 Å². The van der Waals surface area contributed by atoms with Crippen LogP contribution in [0.25, 0.3) is 0 Å². The summed E-state index contributed by atoms with van der Waals surface area (Å²) in [6, 6.07) is 17.3. The number of benzene rings is 2. The molecular weight excluding hydrogens is 326 g/mol. The van der Waals surface area contributed by atoms with Gasteiger partial charge >= 0.3 is 0 Å². The number of ether oxygens (including phenoxy) is 1.